The number of rotatable bonds is 4. The van der Waals surface area contributed by atoms with E-state index in [9.17, 15) is 9.90 Å². The third-order valence-corrected chi connectivity index (χ3v) is 3.48. The Bertz CT molecular complexity index is 410. The number of benzene rings is 1. The molecule has 0 saturated carbocycles. The molecule has 0 bridgehead atoms. The minimum atomic E-state index is -0.786. The molecule has 1 aromatic carbocycles. The maximum absolute atomic E-state index is 11.6. The molecule has 2 rings (SSSR count). The summed E-state index contributed by atoms with van der Waals surface area (Å²) in [6.07, 6.45) is 1.57. The lowest BCUT2D eigenvalue weighted by atomic mass is 9.81. The van der Waals surface area contributed by atoms with E-state index in [0.29, 0.717) is 19.0 Å². The molecule has 18 heavy (non-hydrogen) atoms. The van der Waals surface area contributed by atoms with Crippen molar-refractivity contribution in [2.45, 2.75) is 18.8 Å². The number of methoxy groups -OCH3 is 1. The number of carboxylic acid groups (broad SMARTS) is 1. The van der Waals surface area contributed by atoms with Crippen molar-refractivity contribution in [1.29, 1.82) is 0 Å². The van der Waals surface area contributed by atoms with Crippen molar-refractivity contribution in [2.24, 2.45) is 5.92 Å². The van der Waals surface area contributed by atoms with Crippen LogP contribution in [0.1, 0.15) is 24.3 Å². The van der Waals surface area contributed by atoms with E-state index in [1.165, 1.54) is 0 Å². The second-order valence-electron chi connectivity index (χ2n) is 4.51. The molecule has 1 atom stereocenters. The quantitative estimate of drug-likeness (QED) is 0.890. The van der Waals surface area contributed by atoms with Crippen molar-refractivity contribution in [3.63, 3.8) is 0 Å². The molecule has 1 aliphatic rings. The molecule has 0 amide bonds. The van der Waals surface area contributed by atoms with Gasteiger partial charge in [0.25, 0.3) is 0 Å². The number of hydrogen-bond acceptors (Lipinski definition) is 3. The van der Waals surface area contributed by atoms with Gasteiger partial charge in [-0.3, -0.25) is 4.79 Å². The zero-order valence-corrected chi connectivity index (χ0v) is 10.5. The van der Waals surface area contributed by atoms with E-state index in [2.05, 4.69) is 0 Å². The highest BCUT2D eigenvalue weighted by molar-refractivity contribution is 5.77. The second kappa shape index (κ2) is 5.87. The largest absolute Gasteiger partial charge is 0.496 e. The Balaban J connectivity index is 2.31. The summed E-state index contributed by atoms with van der Waals surface area (Å²) in [5, 5.41) is 9.50. The molecule has 1 fully saturated rings. The Labute approximate surface area is 107 Å². The molecule has 0 radical (unpaired) electrons. The highest BCUT2D eigenvalue weighted by Crippen LogP contribution is 2.36. The number of ether oxygens (including phenoxy) is 2. The van der Waals surface area contributed by atoms with E-state index in [1.54, 1.807) is 7.11 Å². The van der Waals surface area contributed by atoms with Gasteiger partial charge in [0.2, 0.25) is 0 Å². The smallest absolute Gasteiger partial charge is 0.311 e. The number of hydrogen-bond donors (Lipinski definition) is 1. The van der Waals surface area contributed by atoms with Crippen LogP contribution in [-0.2, 0) is 9.53 Å². The molecule has 0 aliphatic carbocycles. The van der Waals surface area contributed by atoms with Crippen LogP contribution in [-0.4, -0.2) is 31.4 Å². The predicted octanol–water partition coefficient (Wildman–Crippen LogP) is 2.29. The topological polar surface area (TPSA) is 55.8 Å². The molecule has 1 saturated heterocycles. The Hall–Kier alpha value is -1.55. The number of para-hydroxylation sites is 1. The molecule has 1 N–H and O–H groups in total. The zero-order valence-electron chi connectivity index (χ0n) is 10.5. The summed E-state index contributed by atoms with van der Waals surface area (Å²) in [6.45, 7) is 1.28. The van der Waals surface area contributed by atoms with Gasteiger partial charge in [-0.25, -0.2) is 0 Å². The van der Waals surface area contributed by atoms with Gasteiger partial charge in [-0.15, -0.1) is 0 Å². The highest BCUT2D eigenvalue weighted by atomic mass is 16.5. The minimum Gasteiger partial charge on any atom is -0.496 e. The van der Waals surface area contributed by atoms with Gasteiger partial charge in [-0.2, -0.15) is 0 Å². The van der Waals surface area contributed by atoms with Gasteiger partial charge in [0.15, 0.2) is 0 Å². The Kier molecular flexibility index (Phi) is 4.20. The Morgan fingerprint density at radius 2 is 2.06 bits per heavy atom. The summed E-state index contributed by atoms with van der Waals surface area (Å²) in [6, 6.07) is 7.36. The molecule has 1 aromatic rings. The van der Waals surface area contributed by atoms with E-state index in [0.717, 1.165) is 18.4 Å². The summed E-state index contributed by atoms with van der Waals surface area (Å²) in [5.74, 6) is -0.527. The lowest BCUT2D eigenvalue weighted by Crippen LogP contribution is -2.27. The van der Waals surface area contributed by atoms with Gasteiger partial charge in [0.05, 0.1) is 13.0 Å². The van der Waals surface area contributed by atoms with Crippen molar-refractivity contribution < 1.29 is 19.4 Å². The van der Waals surface area contributed by atoms with Gasteiger partial charge < -0.3 is 14.6 Å². The van der Waals surface area contributed by atoms with Crippen LogP contribution in [0.3, 0.4) is 0 Å². The molecular formula is C14H18O4. The van der Waals surface area contributed by atoms with Crippen molar-refractivity contribution >= 4 is 5.97 Å². The standard InChI is InChI=1S/C14H18O4/c1-17-12-5-3-2-4-11(12)13(14(15)16)10-6-8-18-9-7-10/h2-5,10,13H,6-9H2,1H3,(H,15,16). The SMILES string of the molecule is COc1ccccc1C(C(=O)O)C1CCOCC1. The zero-order chi connectivity index (χ0) is 13.0. The lowest BCUT2D eigenvalue weighted by Gasteiger charge is -2.28. The summed E-state index contributed by atoms with van der Waals surface area (Å²) in [4.78, 5) is 11.6. The number of aliphatic carboxylic acids is 1. The third kappa shape index (κ3) is 2.64. The fourth-order valence-corrected chi connectivity index (χ4v) is 2.56. The molecule has 4 heteroatoms. The molecule has 1 unspecified atom stereocenters. The van der Waals surface area contributed by atoms with Crippen molar-refractivity contribution in [3.8, 4) is 5.75 Å². The van der Waals surface area contributed by atoms with Crippen molar-refractivity contribution in [1.82, 2.24) is 0 Å². The van der Waals surface area contributed by atoms with Gasteiger partial charge in [0, 0.05) is 18.8 Å². The van der Waals surface area contributed by atoms with Crippen molar-refractivity contribution in [3.05, 3.63) is 29.8 Å². The minimum absolute atomic E-state index is 0.118. The lowest BCUT2D eigenvalue weighted by molar-refractivity contribution is -0.141. The molecule has 0 aromatic heterocycles. The monoisotopic (exact) mass is 250 g/mol. The van der Waals surface area contributed by atoms with Crippen LogP contribution in [0, 0.1) is 5.92 Å². The maximum Gasteiger partial charge on any atom is 0.311 e. The normalized spacial score (nSPS) is 18.3. The summed E-state index contributed by atoms with van der Waals surface area (Å²) >= 11 is 0. The van der Waals surface area contributed by atoms with E-state index in [4.69, 9.17) is 9.47 Å². The van der Waals surface area contributed by atoms with Gasteiger partial charge in [-0.1, -0.05) is 18.2 Å². The summed E-state index contributed by atoms with van der Waals surface area (Å²) < 4.78 is 10.6. The molecule has 4 nitrogen and oxygen atoms in total. The number of carbonyl (C=O) groups is 1. The molecule has 1 heterocycles. The first kappa shape index (κ1) is 12.9. The average Bonchev–Trinajstić information content (AvgIpc) is 2.40. The van der Waals surface area contributed by atoms with Crippen LogP contribution in [0.25, 0.3) is 0 Å². The van der Waals surface area contributed by atoms with Crippen LogP contribution in [0.15, 0.2) is 24.3 Å². The van der Waals surface area contributed by atoms with E-state index in [-0.39, 0.29) is 5.92 Å². The van der Waals surface area contributed by atoms with Crippen LogP contribution in [0.4, 0.5) is 0 Å². The Morgan fingerprint density at radius 1 is 1.39 bits per heavy atom. The summed E-state index contributed by atoms with van der Waals surface area (Å²) in [7, 11) is 1.57. The fourth-order valence-electron chi connectivity index (χ4n) is 2.56. The van der Waals surface area contributed by atoms with E-state index < -0.39 is 11.9 Å². The van der Waals surface area contributed by atoms with E-state index >= 15 is 0 Å². The molecule has 0 spiro atoms. The van der Waals surface area contributed by atoms with Gasteiger partial charge >= 0.3 is 5.97 Å². The van der Waals surface area contributed by atoms with Crippen molar-refractivity contribution in [2.75, 3.05) is 20.3 Å². The maximum atomic E-state index is 11.6. The first-order chi connectivity index (χ1) is 8.74. The van der Waals surface area contributed by atoms with Gasteiger partial charge in [0.1, 0.15) is 5.75 Å². The summed E-state index contributed by atoms with van der Waals surface area (Å²) in [5.41, 5.74) is 0.763. The third-order valence-electron chi connectivity index (χ3n) is 3.48. The predicted molar refractivity (Wildman–Crippen MR) is 66.9 cm³/mol. The second-order valence-corrected chi connectivity index (χ2v) is 4.51. The van der Waals surface area contributed by atoms with Crippen LogP contribution in [0.5, 0.6) is 5.75 Å². The molecule has 98 valence electrons. The van der Waals surface area contributed by atoms with E-state index in [1.807, 2.05) is 24.3 Å². The molecular weight excluding hydrogens is 232 g/mol. The van der Waals surface area contributed by atoms with Crippen LogP contribution < -0.4 is 4.74 Å². The number of carboxylic acids is 1. The highest BCUT2D eigenvalue weighted by Gasteiger charge is 2.32. The first-order valence-electron chi connectivity index (χ1n) is 6.17. The Morgan fingerprint density at radius 3 is 2.67 bits per heavy atom. The van der Waals surface area contributed by atoms with Gasteiger partial charge in [-0.05, 0) is 24.8 Å². The van der Waals surface area contributed by atoms with Crippen LogP contribution in [0.2, 0.25) is 0 Å². The van der Waals surface area contributed by atoms with Crippen LogP contribution >= 0.6 is 0 Å². The average molecular weight is 250 g/mol. The fraction of sp³-hybridized carbons (Fsp3) is 0.500. The first-order valence-corrected chi connectivity index (χ1v) is 6.17. The molecule has 1 aliphatic heterocycles.